The number of hydrogen-bond acceptors (Lipinski definition) is 4. The van der Waals surface area contributed by atoms with E-state index in [2.05, 4.69) is 5.32 Å². The molecule has 1 heterocycles. The SMILES string of the molecule is COc1ccc(CNC(=O)C2(C)CCCN(S(=O)(=O)c3ccc(F)c(F)c3)C2)cc1. The number of hydrogen-bond donors (Lipinski definition) is 1. The average Bonchev–Trinajstić information content (AvgIpc) is 2.74. The molecule has 1 saturated heterocycles. The third kappa shape index (κ3) is 4.62. The minimum atomic E-state index is -4.05. The van der Waals surface area contributed by atoms with E-state index in [4.69, 9.17) is 4.74 Å². The van der Waals surface area contributed by atoms with E-state index in [0.29, 0.717) is 31.2 Å². The number of carbonyl (C=O) groups is 1. The predicted molar refractivity (Wildman–Crippen MR) is 107 cm³/mol. The monoisotopic (exact) mass is 438 g/mol. The highest BCUT2D eigenvalue weighted by atomic mass is 32.2. The third-order valence-electron chi connectivity index (χ3n) is 5.35. The molecule has 0 aliphatic carbocycles. The highest BCUT2D eigenvalue weighted by Gasteiger charge is 2.42. The summed E-state index contributed by atoms with van der Waals surface area (Å²) in [7, 11) is -2.48. The zero-order chi connectivity index (χ0) is 21.9. The van der Waals surface area contributed by atoms with Gasteiger partial charge in [0.05, 0.1) is 17.4 Å². The van der Waals surface area contributed by atoms with Crippen molar-refractivity contribution in [2.24, 2.45) is 5.41 Å². The van der Waals surface area contributed by atoms with Crippen molar-refractivity contribution in [1.82, 2.24) is 9.62 Å². The summed E-state index contributed by atoms with van der Waals surface area (Å²) in [5, 5.41) is 2.86. The number of carbonyl (C=O) groups excluding carboxylic acids is 1. The van der Waals surface area contributed by atoms with Crippen LogP contribution in [0.15, 0.2) is 47.4 Å². The molecule has 1 unspecified atom stereocenters. The number of methoxy groups -OCH3 is 1. The number of piperidine rings is 1. The lowest BCUT2D eigenvalue weighted by Crippen LogP contribution is -2.51. The molecule has 162 valence electrons. The predicted octanol–water partition coefficient (Wildman–Crippen LogP) is 3.08. The van der Waals surface area contributed by atoms with E-state index in [9.17, 15) is 22.0 Å². The summed E-state index contributed by atoms with van der Waals surface area (Å²) < 4.78 is 58.8. The zero-order valence-corrected chi connectivity index (χ0v) is 17.6. The van der Waals surface area contributed by atoms with Gasteiger partial charge < -0.3 is 10.1 Å². The molecule has 1 aliphatic heterocycles. The van der Waals surface area contributed by atoms with E-state index in [1.54, 1.807) is 26.2 Å². The molecule has 0 aromatic heterocycles. The fourth-order valence-electron chi connectivity index (χ4n) is 3.51. The Bertz CT molecular complexity index is 1030. The van der Waals surface area contributed by atoms with Gasteiger partial charge in [-0.05, 0) is 55.7 Å². The Labute approximate surface area is 174 Å². The molecule has 2 aromatic carbocycles. The zero-order valence-electron chi connectivity index (χ0n) is 16.8. The molecular formula is C21H24F2N2O4S. The van der Waals surface area contributed by atoms with E-state index < -0.39 is 27.1 Å². The Morgan fingerprint density at radius 3 is 2.50 bits per heavy atom. The number of nitrogens with zero attached hydrogens (tertiary/aromatic N) is 1. The van der Waals surface area contributed by atoms with Gasteiger partial charge >= 0.3 is 0 Å². The van der Waals surface area contributed by atoms with Gasteiger partial charge in [0, 0.05) is 19.6 Å². The molecular weight excluding hydrogens is 414 g/mol. The summed E-state index contributed by atoms with van der Waals surface area (Å²) in [6.07, 6.45) is 1.00. The van der Waals surface area contributed by atoms with Crippen LogP contribution in [0.1, 0.15) is 25.3 Å². The Kier molecular flexibility index (Phi) is 6.42. The van der Waals surface area contributed by atoms with Gasteiger partial charge in [0.2, 0.25) is 15.9 Å². The Hall–Kier alpha value is -2.52. The molecule has 1 atom stereocenters. The lowest BCUT2D eigenvalue weighted by atomic mass is 9.82. The van der Waals surface area contributed by atoms with Crippen LogP contribution >= 0.6 is 0 Å². The summed E-state index contributed by atoms with van der Waals surface area (Å²) in [5.74, 6) is -1.89. The first-order valence-corrected chi connectivity index (χ1v) is 11.0. The summed E-state index contributed by atoms with van der Waals surface area (Å²) in [6.45, 7) is 2.18. The van der Waals surface area contributed by atoms with Crippen LogP contribution in [0.4, 0.5) is 8.78 Å². The molecule has 1 amide bonds. The minimum absolute atomic E-state index is 0.0389. The largest absolute Gasteiger partial charge is 0.497 e. The van der Waals surface area contributed by atoms with E-state index in [0.717, 1.165) is 22.0 Å². The van der Waals surface area contributed by atoms with Crippen molar-refractivity contribution >= 4 is 15.9 Å². The highest BCUT2D eigenvalue weighted by Crippen LogP contribution is 2.33. The van der Waals surface area contributed by atoms with E-state index in [-0.39, 0.29) is 23.9 Å². The lowest BCUT2D eigenvalue weighted by molar-refractivity contribution is -0.132. The van der Waals surface area contributed by atoms with Crippen LogP contribution in [0.25, 0.3) is 0 Å². The highest BCUT2D eigenvalue weighted by molar-refractivity contribution is 7.89. The molecule has 3 rings (SSSR count). The van der Waals surface area contributed by atoms with Gasteiger partial charge in [-0.2, -0.15) is 4.31 Å². The Morgan fingerprint density at radius 1 is 1.17 bits per heavy atom. The van der Waals surface area contributed by atoms with Gasteiger partial charge in [-0.1, -0.05) is 12.1 Å². The summed E-state index contributed by atoms with van der Waals surface area (Å²) >= 11 is 0. The van der Waals surface area contributed by atoms with Crippen molar-refractivity contribution < 1.29 is 26.7 Å². The minimum Gasteiger partial charge on any atom is -0.497 e. The molecule has 1 aliphatic rings. The smallest absolute Gasteiger partial charge is 0.243 e. The van der Waals surface area contributed by atoms with Crippen molar-refractivity contribution in [1.29, 1.82) is 0 Å². The molecule has 30 heavy (non-hydrogen) atoms. The fourth-order valence-corrected chi connectivity index (χ4v) is 5.12. The van der Waals surface area contributed by atoms with Crippen LogP contribution in [-0.2, 0) is 21.4 Å². The van der Waals surface area contributed by atoms with Gasteiger partial charge in [0.15, 0.2) is 11.6 Å². The van der Waals surface area contributed by atoms with Crippen LogP contribution < -0.4 is 10.1 Å². The number of amides is 1. The lowest BCUT2D eigenvalue weighted by Gasteiger charge is -2.38. The van der Waals surface area contributed by atoms with E-state index >= 15 is 0 Å². The molecule has 2 aromatic rings. The normalized spacial score (nSPS) is 20.0. The molecule has 0 radical (unpaired) electrons. The maximum atomic E-state index is 13.5. The molecule has 1 N–H and O–H groups in total. The Morgan fingerprint density at radius 2 is 1.87 bits per heavy atom. The van der Waals surface area contributed by atoms with Gasteiger partial charge in [-0.3, -0.25) is 4.79 Å². The van der Waals surface area contributed by atoms with Crippen LogP contribution in [0.2, 0.25) is 0 Å². The second-order valence-corrected chi connectivity index (χ2v) is 9.55. The third-order valence-corrected chi connectivity index (χ3v) is 7.19. The molecule has 6 nitrogen and oxygen atoms in total. The average molecular weight is 438 g/mol. The first-order chi connectivity index (χ1) is 14.2. The molecule has 0 saturated carbocycles. The van der Waals surface area contributed by atoms with Crippen LogP contribution in [0.5, 0.6) is 5.75 Å². The van der Waals surface area contributed by atoms with Gasteiger partial charge in [0.25, 0.3) is 0 Å². The fraction of sp³-hybridized carbons (Fsp3) is 0.381. The first-order valence-electron chi connectivity index (χ1n) is 9.52. The van der Waals surface area contributed by atoms with Gasteiger partial charge in [-0.15, -0.1) is 0 Å². The number of halogens is 2. The molecule has 1 fully saturated rings. The Balaban J connectivity index is 1.71. The maximum Gasteiger partial charge on any atom is 0.243 e. The number of sulfonamides is 1. The maximum absolute atomic E-state index is 13.5. The molecule has 0 spiro atoms. The van der Waals surface area contributed by atoms with Crippen LogP contribution in [0.3, 0.4) is 0 Å². The summed E-state index contributed by atoms with van der Waals surface area (Å²) in [5.41, 5.74) is -0.0501. The van der Waals surface area contributed by atoms with Crippen molar-refractivity contribution in [3.8, 4) is 5.75 Å². The van der Waals surface area contributed by atoms with Crippen molar-refractivity contribution in [3.05, 3.63) is 59.7 Å². The van der Waals surface area contributed by atoms with Crippen LogP contribution in [-0.4, -0.2) is 38.8 Å². The van der Waals surface area contributed by atoms with Crippen molar-refractivity contribution in [3.63, 3.8) is 0 Å². The molecule has 0 bridgehead atoms. The van der Waals surface area contributed by atoms with Crippen molar-refractivity contribution in [2.75, 3.05) is 20.2 Å². The number of nitrogens with one attached hydrogen (secondary N) is 1. The van der Waals surface area contributed by atoms with Crippen molar-refractivity contribution in [2.45, 2.75) is 31.2 Å². The quantitative estimate of drug-likeness (QED) is 0.752. The van der Waals surface area contributed by atoms with E-state index in [1.807, 2.05) is 12.1 Å². The van der Waals surface area contributed by atoms with Crippen LogP contribution in [0, 0.1) is 17.0 Å². The second-order valence-electron chi connectivity index (χ2n) is 7.61. The van der Waals surface area contributed by atoms with Gasteiger partial charge in [0.1, 0.15) is 5.75 Å². The summed E-state index contributed by atoms with van der Waals surface area (Å²) in [6, 6.07) is 9.74. The number of ether oxygens (including phenoxy) is 1. The van der Waals surface area contributed by atoms with E-state index in [1.165, 1.54) is 0 Å². The molecule has 9 heteroatoms. The van der Waals surface area contributed by atoms with Gasteiger partial charge in [-0.25, -0.2) is 17.2 Å². The number of benzene rings is 2. The first kappa shape index (κ1) is 22.2. The standard InChI is InChI=1S/C21H24F2N2O4S/c1-21(20(26)24-13-15-4-6-16(29-2)7-5-15)10-3-11-25(14-21)30(27,28)17-8-9-18(22)19(23)12-17/h4-9,12H,3,10-11,13-14H2,1-2H3,(H,24,26). The second kappa shape index (κ2) is 8.69. The summed E-state index contributed by atoms with van der Waals surface area (Å²) in [4.78, 5) is 12.5. The number of rotatable bonds is 6. The topological polar surface area (TPSA) is 75.7 Å².